The number of carbonyl (C=O) groups is 3. The standard InChI is InChI=1S/C20H21N3O3S2/c24-18-11-27-16-8-7-13(9-14(16)21-18)19(25)22-23-20(26)17-10-12-5-3-1-2-4-6-15(12)28-17/h7-10H,1-6,11H2,(H,21,24)(H,22,25)(H,23,26). The minimum absolute atomic E-state index is 0.0865. The molecule has 0 saturated carbocycles. The summed E-state index contributed by atoms with van der Waals surface area (Å²) in [6, 6.07) is 7.06. The van der Waals surface area contributed by atoms with Gasteiger partial charge >= 0.3 is 0 Å². The van der Waals surface area contributed by atoms with Gasteiger partial charge in [-0.25, -0.2) is 0 Å². The Hall–Kier alpha value is -2.32. The summed E-state index contributed by atoms with van der Waals surface area (Å²) in [5, 5.41) is 2.76. The lowest BCUT2D eigenvalue weighted by Gasteiger charge is -2.17. The maximum Gasteiger partial charge on any atom is 0.279 e. The number of rotatable bonds is 2. The first kappa shape index (κ1) is 19.0. The van der Waals surface area contributed by atoms with Crippen LogP contribution in [-0.2, 0) is 17.6 Å². The predicted molar refractivity (Wildman–Crippen MR) is 111 cm³/mol. The van der Waals surface area contributed by atoms with Crippen molar-refractivity contribution < 1.29 is 14.4 Å². The van der Waals surface area contributed by atoms with Gasteiger partial charge in [0, 0.05) is 15.3 Å². The number of hydrazine groups is 1. The molecule has 4 rings (SSSR count). The second-order valence-electron chi connectivity index (χ2n) is 6.93. The first-order valence-corrected chi connectivity index (χ1v) is 11.2. The Morgan fingerprint density at radius 2 is 1.75 bits per heavy atom. The number of amides is 3. The Morgan fingerprint density at radius 3 is 2.61 bits per heavy atom. The summed E-state index contributed by atoms with van der Waals surface area (Å²) in [7, 11) is 0. The monoisotopic (exact) mass is 415 g/mol. The van der Waals surface area contributed by atoms with Crippen molar-refractivity contribution in [1.29, 1.82) is 0 Å². The molecule has 0 saturated heterocycles. The summed E-state index contributed by atoms with van der Waals surface area (Å²) in [4.78, 5) is 39.2. The number of thiophene rings is 1. The van der Waals surface area contributed by atoms with Crippen LogP contribution < -0.4 is 16.2 Å². The quantitative estimate of drug-likeness (QED) is 0.655. The van der Waals surface area contributed by atoms with E-state index in [2.05, 4.69) is 16.2 Å². The van der Waals surface area contributed by atoms with Crippen molar-refractivity contribution >= 4 is 46.5 Å². The number of nitrogens with one attached hydrogen (secondary N) is 3. The molecule has 3 N–H and O–H groups in total. The van der Waals surface area contributed by atoms with Crippen LogP contribution in [0.15, 0.2) is 29.2 Å². The molecule has 2 aromatic rings. The number of thioether (sulfide) groups is 1. The van der Waals surface area contributed by atoms with Gasteiger partial charge in [-0.3, -0.25) is 25.2 Å². The summed E-state index contributed by atoms with van der Waals surface area (Å²) in [6.07, 6.45) is 6.86. The van der Waals surface area contributed by atoms with Gasteiger partial charge in [0.2, 0.25) is 5.91 Å². The Kier molecular flexibility index (Phi) is 5.68. The number of hydrogen-bond donors (Lipinski definition) is 3. The van der Waals surface area contributed by atoms with Gasteiger partial charge in [-0.15, -0.1) is 23.1 Å². The lowest BCUT2D eigenvalue weighted by atomic mass is 10.00. The third kappa shape index (κ3) is 4.23. The minimum atomic E-state index is -0.420. The molecule has 0 radical (unpaired) electrons. The van der Waals surface area contributed by atoms with Crippen LogP contribution in [0.3, 0.4) is 0 Å². The van der Waals surface area contributed by atoms with Crippen LogP contribution in [0, 0.1) is 0 Å². The van der Waals surface area contributed by atoms with E-state index in [0.717, 1.165) is 24.2 Å². The maximum absolute atomic E-state index is 12.5. The number of hydrogen-bond acceptors (Lipinski definition) is 5. The third-order valence-corrected chi connectivity index (χ3v) is 7.19. The summed E-state index contributed by atoms with van der Waals surface area (Å²) >= 11 is 2.96. The van der Waals surface area contributed by atoms with E-state index in [1.54, 1.807) is 18.2 Å². The van der Waals surface area contributed by atoms with E-state index in [0.29, 0.717) is 21.9 Å². The van der Waals surface area contributed by atoms with Crippen LogP contribution in [0.1, 0.15) is 56.2 Å². The Balaban J connectivity index is 1.39. The second kappa shape index (κ2) is 8.36. The minimum Gasteiger partial charge on any atom is -0.324 e. The Morgan fingerprint density at radius 1 is 0.964 bits per heavy atom. The van der Waals surface area contributed by atoms with Gasteiger partial charge in [0.1, 0.15) is 0 Å². The fourth-order valence-electron chi connectivity index (χ4n) is 3.43. The molecule has 146 valence electrons. The van der Waals surface area contributed by atoms with E-state index in [1.165, 1.54) is 52.8 Å². The molecule has 0 atom stereocenters. The number of anilines is 1. The van der Waals surface area contributed by atoms with Crippen molar-refractivity contribution in [3.63, 3.8) is 0 Å². The maximum atomic E-state index is 12.5. The van der Waals surface area contributed by atoms with Crippen LogP contribution in [0.4, 0.5) is 5.69 Å². The highest BCUT2D eigenvalue weighted by molar-refractivity contribution is 8.00. The predicted octanol–water partition coefficient (Wildman–Crippen LogP) is 3.53. The van der Waals surface area contributed by atoms with E-state index in [1.807, 2.05) is 6.07 Å². The molecule has 0 fully saturated rings. The molecule has 0 unspecified atom stereocenters. The topological polar surface area (TPSA) is 87.3 Å². The molecule has 1 aromatic carbocycles. The van der Waals surface area contributed by atoms with Crippen molar-refractivity contribution in [2.75, 3.05) is 11.1 Å². The summed E-state index contributed by atoms with van der Waals surface area (Å²) in [6.45, 7) is 0. The molecular weight excluding hydrogens is 394 g/mol. The van der Waals surface area contributed by atoms with Crippen molar-refractivity contribution in [2.24, 2.45) is 0 Å². The van der Waals surface area contributed by atoms with Crippen molar-refractivity contribution in [3.8, 4) is 0 Å². The number of carbonyl (C=O) groups excluding carboxylic acids is 3. The summed E-state index contributed by atoms with van der Waals surface area (Å²) < 4.78 is 0. The van der Waals surface area contributed by atoms with E-state index >= 15 is 0 Å². The van der Waals surface area contributed by atoms with E-state index in [-0.39, 0.29) is 11.8 Å². The molecule has 1 aliphatic carbocycles. The fourth-order valence-corrected chi connectivity index (χ4v) is 5.37. The largest absolute Gasteiger partial charge is 0.324 e. The first-order valence-electron chi connectivity index (χ1n) is 9.39. The fraction of sp³-hybridized carbons (Fsp3) is 0.350. The third-order valence-electron chi connectivity index (χ3n) is 4.88. The Labute approximate surface area is 171 Å². The number of aryl methyl sites for hydroxylation is 2. The van der Waals surface area contributed by atoms with Crippen molar-refractivity contribution in [2.45, 2.75) is 43.4 Å². The van der Waals surface area contributed by atoms with Crippen molar-refractivity contribution in [1.82, 2.24) is 10.9 Å². The average molecular weight is 416 g/mol. The summed E-state index contributed by atoms with van der Waals surface area (Å²) in [5.41, 5.74) is 7.24. The molecule has 0 spiro atoms. The zero-order valence-electron chi connectivity index (χ0n) is 15.3. The van der Waals surface area contributed by atoms with Crippen LogP contribution in [0.5, 0.6) is 0 Å². The second-order valence-corrected chi connectivity index (χ2v) is 9.08. The number of fused-ring (bicyclic) bond motifs is 2. The van der Waals surface area contributed by atoms with Gasteiger partial charge in [-0.1, -0.05) is 12.8 Å². The highest BCUT2D eigenvalue weighted by Gasteiger charge is 2.19. The Bertz CT molecular complexity index is 913. The van der Waals surface area contributed by atoms with E-state index in [4.69, 9.17) is 0 Å². The molecule has 8 heteroatoms. The molecule has 6 nitrogen and oxygen atoms in total. The normalized spacial score (nSPS) is 16.1. The van der Waals surface area contributed by atoms with Gasteiger partial charge in [0.25, 0.3) is 11.8 Å². The van der Waals surface area contributed by atoms with Gasteiger partial charge in [-0.05, 0) is 55.5 Å². The molecular formula is C20H21N3O3S2. The van der Waals surface area contributed by atoms with Gasteiger partial charge in [0.05, 0.1) is 16.3 Å². The molecule has 2 heterocycles. The van der Waals surface area contributed by atoms with Crippen LogP contribution in [0.25, 0.3) is 0 Å². The SMILES string of the molecule is O=C1CSc2ccc(C(=O)NNC(=O)c3cc4c(s3)CCCCCC4)cc2N1. The van der Waals surface area contributed by atoms with Gasteiger partial charge < -0.3 is 5.32 Å². The molecule has 1 aromatic heterocycles. The molecule has 28 heavy (non-hydrogen) atoms. The highest BCUT2D eigenvalue weighted by Crippen LogP contribution is 2.32. The lowest BCUT2D eigenvalue weighted by Crippen LogP contribution is -2.41. The van der Waals surface area contributed by atoms with E-state index in [9.17, 15) is 14.4 Å². The molecule has 1 aliphatic heterocycles. The van der Waals surface area contributed by atoms with Crippen LogP contribution in [-0.4, -0.2) is 23.5 Å². The van der Waals surface area contributed by atoms with Crippen LogP contribution in [0.2, 0.25) is 0 Å². The van der Waals surface area contributed by atoms with Crippen molar-refractivity contribution in [3.05, 3.63) is 45.1 Å². The highest BCUT2D eigenvalue weighted by atomic mass is 32.2. The van der Waals surface area contributed by atoms with E-state index < -0.39 is 5.91 Å². The zero-order valence-corrected chi connectivity index (χ0v) is 16.9. The molecule has 3 amide bonds. The molecule has 2 aliphatic rings. The van der Waals surface area contributed by atoms with Gasteiger partial charge in [0.15, 0.2) is 0 Å². The van der Waals surface area contributed by atoms with Gasteiger partial charge in [-0.2, -0.15) is 0 Å². The lowest BCUT2D eigenvalue weighted by molar-refractivity contribution is -0.113. The van der Waals surface area contributed by atoms with Crippen LogP contribution >= 0.6 is 23.1 Å². The number of benzene rings is 1. The molecule has 0 bridgehead atoms. The smallest absolute Gasteiger partial charge is 0.279 e. The zero-order chi connectivity index (χ0) is 19.5. The summed E-state index contributed by atoms with van der Waals surface area (Å²) in [5.74, 6) is -0.432. The average Bonchev–Trinajstić information content (AvgIpc) is 3.07. The first-order chi connectivity index (χ1) is 13.6.